The number of hydrogen-bond acceptors (Lipinski definition) is 7. The number of allylic oxidation sites excluding steroid dienone is 1. The van der Waals surface area contributed by atoms with Gasteiger partial charge in [-0.1, -0.05) is 11.6 Å². The monoisotopic (exact) mass is 470 g/mol. The molecule has 0 spiro atoms. The molecule has 2 N–H and O–H groups in total. The highest BCUT2D eigenvalue weighted by Crippen LogP contribution is 2.38. The van der Waals surface area contributed by atoms with Gasteiger partial charge in [-0.2, -0.15) is 5.26 Å². The average molecular weight is 471 g/mol. The van der Waals surface area contributed by atoms with Gasteiger partial charge in [0.25, 0.3) is 5.92 Å². The van der Waals surface area contributed by atoms with Crippen molar-refractivity contribution in [2.45, 2.75) is 71.0 Å². The lowest BCUT2D eigenvalue weighted by molar-refractivity contribution is -0.148. The van der Waals surface area contributed by atoms with Crippen molar-refractivity contribution in [2.24, 2.45) is 0 Å². The van der Waals surface area contributed by atoms with E-state index in [0.29, 0.717) is 35.6 Å². The Kier molecular flexibility index (Phi) is 7.20. The highest BCUT2D eigenvalue weighted by Gasteiger charge is 2.44. The SMILES string of the molecule is Cc1ccc(-c2cc(C#N)c(OC3CCC/C(=C/C(=O)OC(C)(C)C)CC3(F)F)cn2)nc1N. The summed E-state index contributed by atoms with van der Waals surface area (Å²) in [7, 11) is 0. The molecule has 1 aliphatic rings. The molecule has 2 heterocycles. The van der Waals surface area contributed by atoms with Crippen LogP contribution in [0.3, 0.4) is 0 Å². The van der Waals surface area contributed by atoms with Crippen LogP contribution in [-0.2, 0) is 9.53 Å². The van der Waals surface area contributed by atoms with Crippen molar-refractivity contribution in [2.75, 3.05) is 5.73 Å². The largest absolute Gasteiger partial charge is 0.481 e. The Hall–Kier alpha value is -3.54. The molecule has 34 heavy (non-hydrogen) atoms. The smallest absolute Gasteiger partial charge is 0.331 e. The maximum atomic E-state index is 15.1. The van der Waals surface area contributed by atoms with E-state index in [1.54, 1.807) is 32.9 Å². The van der Waals surface area contributed by atoms with E-state index in [9.17, 15) is 10.1 Å². The van der Waals surface area contributed by atoms with Crippen molar-refractivity contribution >= 4 is 11.8 Å². The lowest BCUT2D eigenvalue weighted by Gasteiger charge is -2.26. The molecule has 2 aromatic rings. The molecule has 0 radical (unpaired) electrons. The van der Waals surface area contributed by atoms with Gasteiger partial charge in [0.15, 0.2) is 11.9 Å². The fraction of sp³-hybridized carbons (Fsp3) is 0.440. The molecule has 2 aromatic heterocycles. The molecule has 1 unspecified atom stereocenters. The molecule has 0 amide bonds. The third-order valence-corrected chi connectivity index (χ3v) is 5.28. The van der Waals surface area contributed by atoms with Gasteiger partial charge in [-0.05, 0) is 64.7 Å². The second-order valence-corrected chi connectivity index (χ2v) is 9.35. The molecule has 3 rings (SSSR count). The number of nitrogens with zero attached hydrogens (tertiary/aromatic N) is 3. The number of halogens is 2. The van der Waals surface area contributed by atoms with Gasteiger partial charge >= 0.3 is 5.97 Å². The number of nitrogens with two attached hydrogens (primary N) is 1. The van der Waals surface area contributed by atoms with Gasteiger partial charge in [-0.25, -0.2) is 18.6 Å². The summed E-state index contributed by atoms with van der Waals surface area (Å²) < 4.78 is 41.0. The number of rotatable bonds is 4. The Morgan fingerprint density at radius 3 is 2.71 bits per heavy atom. The first kappa shape index (κ1) is 25.1. The number of esters is 1. The fourth-order valence-corrected chi connectivity index (χ4v) is 3.60. The number of ether oxygens (including phenoxy) is 2. The molecule has 1 fully saturated rings. The Morgan fingerprint density at radius 2 is 2.06 bits per heavy atom. The van der Waals surface area contributed by atoms with Crippen molar-refractivity contribution in [3.63, 3.8) is 0 Å². The normalized spacial score (nSPS) is 19.2. The maximum absolute atomic E-state index is 15.1. The number of alkyl halides is 2. The molecule has 0 saturated heterocycles. The van der Waals surface area contributed by atoms with Crippen LogP contribution in [0.5, 0.6) is 5.75 Å². The van der Waals surface area contributed by atoms with E-state index in [0.717, 1.165) is 11.6 Å². The molecular formula is C25H28F2N4O3. The number of anilines is 1. The Labute approximate surface area is 197 Å². The van der Waals surface area contributed by atoms with E-state index < -0.39 is 30.0 Å². The van der Waals surface area contributed by atoms with Crippen molar-refractivity contribution in [3.8, 4) is 23.2 Å². The number of aryl methyl sites for hydroxylation is 1. The summed E-state index contributed by atoms with van der Waals surface area (Å²) in [5.74, 6) is -3.58. The third kappa shape index (κ3) is 6.28. The molecular weight excluding hydrogens is 442 g/mol. The minimum atomic E-state index is -3.25. The number of pyridine rings is 2. The van der Waals surface area contributed by atoms with Crippen LogP contribution in [0.1, 0.15) is 57.6 Å². The van der Waals surface area contributed by atoms with Gasteiger partial charge in [-0.15, -0.1) is 0 Å². The minimum absolute atomic E-state index is 0.0319. The number of carbonyl (C=O) groups excluding carboxylic acids is 1. The summed E-state index contributed by atoms with van der Waals surface area (Å²) in [6.07, 6.45) is 1.10. The second kappa shape index (κ2) is 9.75. The first-order chi connectivity index (χ1) is 15.9. The Morgan fingerprint density at radius 1 is 1.32 bits per heavy atom. The number of nitrogen functional groups attached to an aromatic ring is 1. The number of carbonyl (C=O) groups is 1. The van der Waals surface area contributed by atoms with Crippen LogP contribution in [0.25, 0.3) is 11.4 Å². The quantitative estimate of drug-likeness (QED) is 0.374. The molecule has 9 heteroatoms. The lowest BCUT2D eigenvalue weighted by atomic mass is 10.0. The minimum Gasteiger partial charge on any atom is -0.481 e. The first-order valence-corrected chi connectivity index (χ1v) is 11.0. The van der Waals surface area contributed by atoms with E-state index >= 15 is 8.78 Å². The summed E-state index contributed by atoms with van der Waals surface area (Å²) >= 11 is 0. The number of aromatic nitrogens is 2. The van der Waals surface area contributed by atoms with Crippen LogP contribution < -0.4 is 10.5 Å². The van der Waals surface area contributed by atoms with Gasteiger partial charge in [-0.3, -0.25) is 4.98 Å². The molecule has 1 atom stereocenters. The molecule has 1 aliphatic carbocycles. The molecule has 0 aromatic carbocycles. The highest BCUT2D eigenvalue weighted by molar-refractivity contribution is 5.83. The van der Waals surface area contributed by atoms with E-state index in [1.165, 1.54) is 12.3 Å². The zero-order valence-corrected chi connectivity index (χ0v) is 19.7. The van der Waals surface area contributed by atoms with Gasteiger partial charge in [0, 0.05) is 12.5 Å². The second-order valence-electron chi connectivity index (χ2n) is 9.35. The number of nitriles is 1. The van der Waals surface area contributed by atoms with Crippen LogP contribution in [0.2, 0.25) is 0 Å². The highest BCUT2D eigenvalue weighted by atomic mass is 19.3. The topological polar surface area (TPSA) is 111 Å². The van der Waals surface area contributed by atoms with Gasteiger partial charge in [0.05, 0.1) is 23.1 Å². The van der Waals surface area contributed by atoms with Crippen LogP contribution in [0.15, 0.2) is 36.0 Å². The van der Waals surface area contributed by atoms with E-state index in [-0.39, 0.29) is 17.7 Å². The standard InChI is InChI=1S/C25H28F2N4O3/c1-15-8-9-18(31-23(15)29)19-11-17(13-28)20(14-30-19)33-21-7-5-6-16(12-25(21,26)27)10-22(32)34-24(2,3)4/h8-11,14,21H,5-7,12H2,1-4H3,(H2,29,31)/b16-10-. The lowest BCUT2D eigenvalue weighted by Crippen LogP contribution is -2.37. The summed E-state index contributed by atoms with van der Waals surface area (Å²) in [4.78, 5) is 20.6. The maximum Gasteiger partial charge on any atom is 0.331 e. The van der Waals surface area contributed by atoms with Crippen LogP contribution in [-0.4, -0.2) is 33.6 Å². The molecule has 1 saturated carbocycles. The predicted octanol–water partition coefficient (Wildman–Crippen LogP) is 5.13. The molecule has 7 nitrogen and oxygen atoms in total. The zero-order valence-electron chi connectivity index (χ0n) is 19.7. The zero-order chi connectivity index (χ0) is 25.1. The molecule has 0 aliphatic heterocycles. The van der Waals surface area contributed by atoms with Crippen LogP contribution in [0, 0.1) is 18.3 Å². The summed E-state index contributed by atoms with van der Waals surface area (Å²) in [6.45, 7) is 6.96. The third-order valence-electron chi connectivity index (χ3n) is 5.28. The Bertz CT molecular complexity index is 1150. The summed E-state index contributed by atoms with van der Waals surface area (Å²) in [6, 6.07) is 6.92. The van der Waals surface area contributed by atoms with Crippen molar-refractivity contribution in [1.82, 2.24) is 9.97 Å². The fourth-order valence-electron chi connectivity index (χ4n) is 3.60. The van der Waals surface area contributed by atoms with Crippen LogP contribution >= 0.6 is 0 Å². The average Bonchev–Trinajstić information content (AvgIpc) is 2.86. The molecule has 0 bridgehead atoms. The Balaban J connectivity index is 1.80. The number of hydrogen-bond donors (Lipinski definition) is 1. The van der Waals surface area contributed by atoms with E-state index in [4.69, 9.17) is 15.2 Å². The van der Waals surface area contributed by atoms with Crippen molar-refractivity contribution < 1.29 is 23.0 Å². The van der Waals surface area contributed by atoms with Crippen molar-refractivity contribution in [3.05, 3.63) is 47.2 Å². The predicted molar refractivity (Wildman–Crippen MR) is 123 cm³/mol. The van der Waals surface area contributed by atoms with Crippen molar-refractivity contribution in [1.29, 1.82) is 5.26 Å². The van der Waals surface area contributed by atoms with Gasteiger partial charge in [0.2, 0.25) is 0 Å². The summed E-state index contributed by atoms with van der Waals surface area (Å²) in [5.41, 5.74) is 7.16. The van der Waals surface area contributed by atoms with Gasteiger partial charge in [0.1, 0.15) is 17.5 Å². The molecule has 180 valence electrons. The summed E-state index contributed by atoms with van der Waals surface area (Å²) in [5, 5.41) is 9.59. The van der Waals surface area contributed by atoms with Crippen LogP contribution in [0.4, 0.5) is 14.6 Å². The van der Waals surface area contributed by atoms with E-state index in [1.807, 2.05) is 13.0 Å². The van der Waals surface area contributed by atoms with Gasteiger partial charge < -0.3 is 15.2 Å². The van der Waals surface area contributed by atoms with E-state index in [2.05, 4.69) is 9.97 Å². The first-order valence-electron chi connectivity index (χ1n) is 11.0.